The highest BCUT2D eigenvalue weighted by Gasteiger charge is 2.46. The molecule has 1 aromatic carbocycles. The molecule has 35 heavy (non-hydrogen) atoms. The van der Waals surface area contributed by atoms with Crippen molar-refractivity contribution < 1.29 is 4.21 Å². The lowest BCUT2D eigenvalue weighted by Crippen LogP contribution is -2.51. The van der Waals surface area contributed by atoms with E-state index in [0.717, 1.165) is 53.7 Å². The van der Waals surface area contributed by atoms with Crippen molar-refractivity contribution in [3.8, 4) is 0 Å². The number of rotatable bonds is 5. The summed E-state index contributed by atoms with van der Waals surface area (Å²) >= 11 is 7.95. The first-order valence-corrected chi connectivity index (χ1v) is 14.5. The predicted molar refractivity (Wildman–Crippen MR) is 146 cm³/mol. The van der Waals surface area contributed by atoms with Crippen LogP contribution in [0.1, 0.15) is 52.9 Å². The second-order valence-corrected chi connectivity index (χ2v) is 14.1. The highest BCUT2D eigenvalue weighted by atomic mass is 35.5. The van der Waals surface area contributed by atoms with E-state index in [-0.39, 0.29) is 10.2 Å². The number of halogens is 1. The maximum absolute atomic E-state index is 12.8. The van der Waals surface area contributed by atoms with E-state index in [9.17, 15) is 4.21 Å². The highest BCUT2D eigenvalue weighted by molar-refractivity contribution is 7.99. The summed E-state index contributed by atoms with van der Waals surface area (Å²) in [6, 6.07) is 5.97. The van der Waals surface area contributed by atoms with Gasteiger partial charge in [0.1, 0.15) is 0 Å². The molecule has 188 valence electrons. The van der Waals surface area contributed by atoms with E-state index in [1.165, 1.54) is 24.6 Å². The first kappa shape index (κ1) is 24.9. The van der Waals surface area contributed by atoms with Crippen molar-refractivity contribution in [1.29, 1.82) is 0 Å². The van der Waals surface area contributed by atoms with Crippen LogP contribution < -0.4 is 15.4 Å². The minimum atomic E-state index is -1.04. The van der Waals surface area contributed by atoms with Crippen LogP contribution in [-0.2, 0) is 11.0 Å². The zero-order valence-corrected chi connectivity index (χ0v) is 22.8. The number of fused-ring (bicyclic) bond motifs is 1. The van der Waals surface area contributed by atoms with Gasteiger partial charge >= 0.3 is 0 Å². The topological polar surface area (TPSA) is 88.5 Å². The third kappa shape index (κ3) is 4.80. The summed E-state index contributed by atoms with van der Waals surface area (Å²) in [7, 11) is -1.04. The van der Waals surface area contributed by atoms with Gasteiger partial charge < -0.3 is 10.6 Å². The maximum atomic E-state index is 12.8. The number of hydrogen-bond donors (Lipinski definition) is 2. The average Bonchev–Trinajstić information content (AvgIpc) is 3.45. The Kier molecular flexibility index (Phi) is 6.80. The summed E-state index contributed by atoms with van der Waals surface area (Å²) in [4.78, 5) is 13.7. The standard InChI is InChI=1S/C25H33ClN6OS2/c1-24(2,3)35(33)30-20-8-5-9-25(20)10-13-31(14-11-25)23-29-16-19(22-28-12-15-32(22)23)34-18-7-4-6-17(27)21(18)26/h4,6-7,12,15-16,20,30H,5,8-11,13-14,27H2,1-3H3/t20-,35-/m1/s1. The summed E-state index contributed by atoms with van der Waals surface area (Å²) in [5.41, 5.74) is 7.62. The van der Waals surface area contributed by atoms with Gasteiger partial charge in [0.2, 0.25) is 5.95 Å². The molecule has 0 amide bonds. The van der Waals surface area contributed by atoms with Crippen molar-refractivity contribution >= 4 is 51.6 Å². The third-order valence-corrected chi connectivity index (χ3v) is 10.6. The van der Waals surface area contributed by atoms with E-state index in [1.54, 1.807) is 6.07 Å². The molecule has 2 fully saturated rings. The zero-order valence-electron chi connectivity index (χ0n) is 20.5. The summed E-state index contributed by atoms with van der Waals surface area (Å²) in [6.07, 6.45) is 11.3. The fraction of sp³-hybridized carbons (Fsp3) is 0.520. The van der Waals surface area contributed by atoms with Crippen LogP contribution in [0.3, 0.4) is 0 Å². The average molecular weight is 533 g/mol. The van der Waals surface area contributed by atoms with Crippen molar-refractivity contribution in [2.75, 3.05) is 23.7 Å². The molecule has 0 radical (unpaired) electrons. The molecule has 3 heterocycles. The summed E-state index contributed by atoms with van der Waals surface area (Å²) in [6.45, 7) is 7.95. The van der Waals surface area contributed by atoms with E-state index in [0.29, 0.717) is 16.8 Å². The first-order chi connectivity index (χ1) is 16.7. The molecular formula is C25H33ClN6OS2. The lowest BCUT2D eigenvalue weighted by atomic mass is 9.74. The lowest BCUT2D eigenvalue weighted by Gasteiger charge is -2.44. The van der Waals surface area contributed by atoms with Gasteiger partial charge in [-0.2, -0.15) is 0 Å². The van der Waals surface area contributed by atoms with Crippen LogP contribution >= 0.6 is 23.4 Å². The molecule has 1 spiro atoms. The largest absolute Gasteiger partial charge is 0.397 e. The monoisotopic (exact) mass is 532 g/mol. The molecule has 1 aliphatic heterocycles. The van der Waals surface area contributed by atoms with Gasteiger partial charge in [0.15, 0.2) is 5.65 Å². The minimum absolute atomic E-state index is 0.214. The molecule has 10 heteroatoms. The van der Waals surface area contributed by atoms with Gasteiger partial charge in [-0.3, -0.25) is 4.40 Å². The number of nitrogen functional groups attached to an aromatic ring is 1. The summed E-state index contributed by atoms with van der Waals surface area (Å²) in [5, 5.41) is 0.555. The van der Waals surface area contributed by atoms with Gasteiger partial charge in [-0.05, 0) is 64.0 Å². The minimum Gasteiger partial charge on any atom is -0.397 e. The number of anilines is 2. The smallest absolute Gasteiger partial charge is 0.211 e. The van der Waals surface area contributed by atoms with E-state index in [4.69, 9.17) is 22.3 Å². The summed E-state index contributed by atoms with van der Waals surface area (Å²) < 4.78 is 18.1. The quantitative estimate of drug-likeness (QED) is 0.433. The molecule has 3 aromatic rings. The molecule has 1 saturated carbocycles. The van der Waals surface area contributed by atoms with Gasteiger partial charge in [-0.15, -0.1) is 0 Å². The molecule has 0 unspecified atom stereocenters. The van der Waals surface area contributed by atoms with Gasteiger partial charge in [-0.25, -0.2) is 18.9 Å². The molecule has 2 aliphatic rings. The fourth-order valence-electron chi connectivity index (χ4n) is 5.29. The van der Waals surface area contributed by atoms with E-state index in [2.05, 4.69) is 19.0 Å². The molecule has 1 aliphatic carbocycles. The van der Waals surface area contributed by atoms with Crippen LogP contribution in [0, 0.1) is 5.41 Å². The number of nitrogens with one attached hydrogen (secondary N) is 1. The number of hydrogen-bond acceptors (Lipinski definition) is 6. The molecule has 2 atom stereocenters. The molecule has 2 aromatic heterocycles. The second kappa shape index (κ2) is 9.57. The second-order valence-electron chi connectivity index (χ2n) is 10.6. The van der Waals surface area contributed by atoms with Crippen molar-refractivity contribution in [1.82, 2.24) is 19.1 Å². The molecule has 0 bridgehead atoms. The Labute approximate surface area is 218 Å². The fourth-order valence-corrected chi connectivity index (χ4v) is 7.45. The Balaban J connectivity index is 1.34. The molecule has 3 N–H and O–H groups in total. The lowest BCUT2D eigenvalue weighted by molar-refractivity contribution is 0.187. The van der Waals surface area contributed by atoms with Crippen molar-refractivity contribution in [3.63, 3.8) is 0 Å². The van der Waals surface area contributed by atoms with Crippen LogP contribution in [-0.4, -0.2) is 42.5 Å². The summed E-state index contributed by atoms with van der Waals surface area (Å²) in [5.74, 6) is 0.913. The van der Waals surface area contributed by atoms with Gasteiger partial charge in [0.25, 0.3) is 0 Å². The van der Waals surface area contributed by atoms with Gasteiger partial charge in [0, 0.05) is 42.6 Å². The third-order valence-electron chi connectivity index (χ3n) is 7.34. The van der Waals surface area contributed by atoms with Crippen molar-refractivity contribution in [3.05, 3.63) is 41.8 Å². The van der Waals surface area contributed by atoms with Crippen LogP contribution in [0.2, 0.25) is 5.02 Å². The number of nitrogens with zero attached hydrogens (tertiary/aromatic N) is 4. The number of nitrogens with two attached hydrogens (primary N) is 1. The Bertz CT molecular complexity index is 1250. The van der Waals surface area contributed by atoms with Crippen LogP contribution in [0.15, 0.2) is 46.6 Å². The molecular weight excluding hydrogens is 500 g/mol. The number of piperidine rings is 1. The van der Waals surface area contributed by atoms with Gasteiger partial charge in [0.05, 0.1) is 31.3 Å². The van der Waals surface area contributed by atoms with E-state index >= 15 is 0 Å². The van der Waals surface area contributed by atoms with Crippen molar-refractivity contribution in [2.24, 2.45) is 5.41 Å². The molecule has 7 nitrogen and oxygen atoms in total. The Morgan fingerprint density at radius 3 is 2.71 bits per heavy atom. The normalized spacial score (nSPS) is 21.1. The SMILES string of the molecule is CC(C)(C)[S@@](=O)N[C@@H]1CCCC12CCN(c1ncc(Sc3cccc(N)c3Cl)c3nccn13)CC2. The Hall–Kier alpha value is -1.81. The predicted octanol–water partition coefficient (Wildman–Crippen LogP) is 5.31. The Morgan fingerprint density at radius 1 is 1.20 bits per heavy atom. The van der Waals surface area contributed by atoms with Crippen molar-refractivity contribution in [2.45, 2.75) is 73.5 Å². The van der Waals surface area contributed by atoms with E-state index in [1.807, 2.05) is 51.5 Å². The van der Waals surface area contributed by atoms with Crippen LogP contribution in [0.25, 0.3) is 5.65 Å². The Morgan fingerprint density at radius 2 is 1.97 bits per heavy atom. The highest BCUT2D eigenvalue weighted by Crippen LogP contribution is 2.47. The zero-order chi connectivity index (χ0) is 24.8. The molecule has 1 saturated heterocycles. The molecule has 5 rings (SSSR count). The van der Waals surface area contributed by atoms with Gasteiger partial charge in [-0.1, -0.05) is 35.9 Å². The number of aromatic nitrogens is 3. The number of benzene rings is 1. The van der Waals surface area contributed by atoms with E-state index < -0.39 is 11.0 Å². The van der Waals surface area contributed by atoms with Crippen LogP contribution in [0.5, 0.6) is 0 Å². The maximum Gasteiger partial charge on any atom is 0.211 e. The number of imidazole rings is 1. The first-order valence-electron chi connectivity index (χ1n) is 12.1. The van der Waals surface area contributed by atoms with Crippen LogP contribution in [0.4, 0.5) is 11.6 Å².